The minimum Gasteiger partial charge on any atom is -0.300 e. The molecule has 0 heterocycles. The summed E-state index contributed by atoms with van der Waals surface area (Å²) >= 11 is 0. The first-order valence-electron chi connectivity index (χ1n) is 9.16. The van der Waals surface area contributed by atoms with E-state index in [-0.39, 0.29) is 5.78 Å². The van der Waals surface area contributed by atoms with Crippen molar-refractivity contribution in [2.24, 2.45) is 5.10 Å². The zero-order chi connectivity index (χ0) is 18.9. The van der Waals surface area contributed by atoms with E-state index in [0.717, 1.165) is 11.3 Å². The molecular formula is C24H24N2O. The molecule has 0 aliphatic carbocycles. The first-order valence-corrected chi connectivity index (χ1v) is 9.16. The molecule has 136 valence electrons. The summed E-state index contributed by atoms with van der Waals surface area (Å²) in [5, 5.41) is 6.94. The summed E-state index contributed by atoms with van der Waals surface area (Å²) < 4.78 is 0. The van der Waals surface area contributed by atoms with Gasteiger partial charge in [-0.1, -0.05) is 91.0 Å². The molecule has 0 saturated carbocycles. The summed E-state index contributed by atoms with van der Waals surface area (Å²) in [5.41, 5.74) is 4.16. The van der Waals surface area contributed by atoms with Crippen molar-refractivity contribution in [2.45, 2.75) is 26.4 Å². The van der Waals surface area contributed by atoms with E-state index in [1.807, 2.05) is 71.7 Å². The Morgan fingerprint density at radius 2 is 1.19 bits per heavy atom. The molecule has 0 bridgehead atoms. The highest BCUT2D eigenvalue weighted by atomic mass is 16.1. The summed E-state index contributed by atoms with van der Waals surface area (Å²) in [4.78, 5) is 11.8. The minimum absolute atomic E-state index is 0.108. The third-order valence-corrected chi connectivity index (χ3v) is 4.20. The van der Waals surface area contributed by atoms with Crippen LogP contribution >= 0.6 is 0 Å². The largest absolute Gasteiger partial charge is 0.300 e. The standard InChI is InChI=1S/C24H24N2O/c1-20(27)17-24(23-15-9-4-10-16-23)25-26(18-21-11-5-2-6-12-21)19-22-13-7-3-8-14-22/h2-16H,17-19H2,1H3/b25-24+. The number of hydrazone groups is 1. The van der Waals surface area contributed by atoms with Crippen LogP contribution in [0.15, 0.2) is 96.1 Å². The molecule has 0 radical (unpaired) electrons. The fraction of sp³-hybridized carbons (Fsp3) is 0.167. The van der Waals surface area contributed by atoms with Crippen molar-refractivity contribution in [2.75, 3.05) is 0 Å². The zero-order valence-electron chi connectivity index (χ0n) is 15.6. The average Bonchev–Trinajstić information content (AvgIpc) is 2.69. The number of carbonyl (C=O) groups excluding carboxylic acids is 1. The molecule has 3 nitrogen and oxygen atoms in total. The van der Waals surface area contributed by atoms with Crippen molar-refractivity contribution in [3.63, 3.8) is 0 Å². The Bertz CT molecular complexity index is 833. The highest BCUT2D eigenvalue weighted by Crippen LogP contribution is 2.14. The quantitative estimate of drug-likeness (QED) is 0.417. The van der Waals surface area contributed by atoms with Crippen LogP contribution in [-0.2, 0) is 17.9 Å². The molecule has 0 unspecified atom stereocenters. The summed E-state index contributed by atoms with van der Waals surface area (Å²) in [6.45, 7) is 2.98. The van der Waals surface area contributed by atoms with Crippen LogP contribution in [0.25, 0.3) is 0 Å². The molecule has 0 aliphatic heterocycles. The average molecular weight is 356 g/mol. The van der Waals surface area contributed by atoms with Crippen LogP contribution in [0.5, 0.6) is 0 Å². The molecule has 3 aromatic rings. The summed E-state index contributed by atoms with van der Waals surface area (Å²) in [6.07, 6.45) is 0.324. The number of carbonyl (C=O) groups is 1. The van der Waals surface area contributed by atoms with E-state index >= 15 is 0 Å². The molecule has 3 rings (SSSR count). The van der Waals surface area contributed by atoms with Crippen LogP contribution in [0.3, 0.4) is 0 Å². The van der Waals surface area contributed by atoms with Gasteiger partial charge >= 0.3 is 0 Å². The van der Waals surface area contributed by atoms with Crippen molar-refractivity contribution >= 4 is 11.5 Å². The Kier molecular flexibility index (Phi) is 6.53. The van der Waals surface area contributed by atoms with Crippen LogP contribution < -0.4 is 0 Å². The second kappa shape index (κ2) is 9.48. The van der Waals surface area contributed by atoms with Crippen molar-refractivity contribution in [1.82, 2.24) is 5.01 Å². The number of benzene rings is 3. The molecule has 27 heavy (non-hydrogen) atoms. The monoisotopic (exact) mass is 356 g/mol. The van der Waals surface area contributed by atoms with Crippen LogP contribution in [0, 0.1) is 0 Å². The normalized spacial score (nSPS) is 11.2. The van der Waals surface area contributed by atoms with Gasteiger partial charge in [-0.05, 0) is 23.6 Å². The second-order valence-electron chi connectivity index (χ2n) is 6.59. The Balaban J connectivity index is 1.93. The highest BCUT2D eigenvalue weighted by molar-refractivity contribution is 6.10. The summed E-state index contributed by atoms with van der Waals surface area (Å²) in [5.74, 6) is 0.108. The minimum atomic E-state index is 0.108. The predicted octanol–water partition coefficient (Wildman–Crippen LogP) is 5.07. The molecule has 0 amide bonds. The molecule has 3 aromatic carbocycles. The maximum atomic E-state index is 11.8. The Morgan fingerprint density at radius 1 is 0.741 bits per heavy atom. The molecule has 0 saturated heterocycles. The molecule has 0 aromatic heterocycles. The lowest BCUT2D eigenvalue weighted by Gasteiger charge is -2.21. The van der Waals surface area contributed by atoms with Gasteiger partial charge in [-0.2, -0.15) is 5.10 Å². The first kappa shape index (κ1) is 18.6. The van der Waals surface area contributed by atoms with E-state index in [1.54, 1.807) is 6.92 Å². The second-order valence-corrected chi connectivity index (χ2v) is 6.59. The number of rotatable bonds is 8. The van der Waals surface area contributed by atoms with Gasteiger partial charge in [0.2, 0.25) is 0 Å². The molecule has 3 heteroatoms. The van der Waals surface area contributed by atoms with Crippen molar-refractivity contribution < 1.29 is 4.79 Å². The van der Waals surface area contributed by atoms with Crippen LogP contribution in [0.1, 0.15) is 30.0 Å². The number of ketones is 1. The molecule has 0 aliphatic rings. The van der Waals surface area contributed by atoms with E-state index in [4.69, 9.17) is 5.10 Å². The van der Waals surface area contributed by atoms with Gasteiger partial charge in [-0.3, -0.25) is 9.80 Å². The van der Waals surface area contributed by atoms with E-state index in [0.29, 0.717) is 19.5 Å². The molecular weight excluding hydrogens is 332 g/mol. The van der Waals surface area contributed by atoms with Gasteiger partial charge in [-0.25, -0.2) is 0 Å². The lowest BCUT2D eigenvalue weighted by Crippen LogP contribution is -2.20. The van der Waals surface area contributed by atoms with Gasteiger partial charge in [0.05, 0.1) is 25.2 Å². The number of hydrogen-bond acceptors (Lipinski definition) is 3. The number of Topliss-reactive ketones (excluding diaryl/α,β-unsaturated/α-hetero) is 1. The molecule has 0 spiro atoms. The van der Waals surface area contributed by atoms with E-state index < -0.39 is 0 Å². The van der Waals surface area contributed by atoms with Gasteiger partial charge in [0, 0.05) is 0 Å². The van der Waals surface area contributed by atoms with Crippen molar-refractivity contribution in [3.05, 3.63) is 108 Å². The van der Waals surface area contributed by atoms with Gasteiger partial charge in [0.25, 0.3) is 0 Å². The fourth-order valence-electron chi connectivity index (χ4n) is 2.95. The summed E-state index contributed by atoms with van der Waals surface area (Å²) in [7, 11) is 0. The van der Waals surface area contributed by atoms with Crippen molar-refractivity contribution in [1.29, 1.82) is 0 Å². The Hall–Kier alpha value is -3.20. The lowest BCUT2D eigenvalue weighted by molar-refractivity contribution is -0.115. The molecule has 0 fully saturated rings. The third kappa shape index (κ3) is 5.93. The van der Waals surface area contributed by atoms with Crippen LogP contribution in [0.2, 0.25) is 0 Å². The van der Waals surface area contributed by atoms with Crippen LogP contribution in [-0.4, -0.2) is 16.5 Å². The number of nitrogens with zero attached hydrogens (tertiary/aromatic N) is 2. The predicted molar refractivity (Wildman–Crippen MR) is 110 cm³/mol. The Morgan fingerprint density at radius 3 is 1.63 bits per heavy atom. The highest BCUT2D eigenvalue weighted by Gasteiger charge is 2.11. The van der Waals surface area contributed by atoms with Gasteiger partial charge in [0.1, 0.15) is 5.78 Å². The van der Waals surface area contributed by atoms with Gasteiger partial charge < -0.3 is 0 Å². The lowest BCUT2D eigenvalue weighted by atomic mass is 10.1. The van der Waals surface area contributed by atoms with E-state index in [9.17, 15) is 4.79 Å². The smallest absolute Gasteiger partial charge is 0.135 e. The maximum absolute atomic E-state index is 11.8. The van der Waals surface area contributed by atoms with Crippen molar-refractivity contribution in [3.8, 4) is 0 Å². The fourth-order valence-corrected chi connectivity index (χ4v) is 2.95. The van der Waals surface area contributed by atoms with E-state index in [1.165, 1.54) is 11.1 Å². The SMILES string of the molecule is CC(=O)C/C(=N\N(Cc1ccccc1)Cc1ccccc1)c1ccccc1. The molecule has 0 atom stereocenters. The van der Waals surface area contributed by atoms with E-state index in [2.05, 4.69) is 24.3 Å². The number of hydrogen-bond donors (Lipinski definition) is 0. The third-order valence-electron chi connectivity index (χ3n) is 4.20. The van der Waals surface area contributed by atoms with Crippen LogP contribution in [0.4, 0.5) is 0 Å². The first-order chi connectivity index (χ1) is 13.2. The van der Waals surface area contributed by atoms with Gasteiger partial charge in [0.15, 0.2) is 0 Å². The topological polar surface area (TPSA) is 32.7 Å². The molecule has 0 N–H and O–H groups in total. The summed E-state index contributed by atoms with van der Waals surface area (Å²) in [6, 6.07) is 30.5. The Labute approximate surface area is 161 Å². The van der Waals surface area contributed by atoms with Gasteiger partial charge in [-0.15, -0.1) is 0 Å². The maximum Gasteiger partial charge on any atom is 0.135 e. The zero-order valence-corrected chi connectivity index (χ0v) is 15.6.